The summed E-state index contributed by atoms with van der Waals surface area (Å²) in [6, 6.07) is 13.1. The largest absolute Gasteiger partial charge is 0.496 e. The van der Waals surface area contributed by atoms with Crippen molar-refractivity contribution >= 4 is 50.2 Å². The predicted octanol–water partition coefficient (Wildman–Crippen LogP) is 6.13. The zero-order valence-corrected chi connectivity index (χ0v) is 23.1. The first kappa shape index (κ1) is 24.9. The lowest BCUT2D eigenvalue weighted by Crippen LogP contribution is -2.11. The lowest BCUT2D eigenvalue weighted by molar-refractivity contribution is 0.102. The highest BCUT2D eigenvalue weighted by atomic mass is 32.1. The molecule has 10 nitrogen and oxygen atoms in total. The molecule has 0 unspecified atom stereocenters. The van der Waals surface area contributed by atoms with E-state index in [1.54, 1.807) is 24.9 Å². The zero-order chi connectivity index (χ0) is 27.1. The van der Waals surface area contributed by atoms with Gasteiger partial charge in [0.2, 0.25) is 4.96 Å². The van der Waals surface area contributed by atoms with Crippen LogP contribution in [0, 0.1) is 13.8 Å². The Bertz CT molecular complexity index is 1800. The molecule has 0 saturated heterocycles. The minimum atomic E-state index is -0.176. The quantitative estimate of drug-likeness (QED) is 0.236. The molecule has 12 heteroatoms. The highest BCUT2D eigenvalue weighted by Gasteiger charge is 2.18. The number of aryl methyl sites for hydroxylation is 2. The molecule has 0 spiro atoms. The van der Waals surface area contributed by atoms with Crippen molar-refractivity contribution in [1.29, 1.82) is 0 Å². The third-order valence-corrected chi connectivity index (χ3v) is 7.90. The normalized spacial score (nSPS) is 11.3. The van der Waals surface area contributed by atoms with Crippen LogP contribution < -0.4 is 19.5 Å². The Labute approximate surface area is 230 Å². The minimum absolute atomic E-state index is 0.176. The van der Waals surface area contributed by atoms with E-state index in [0.717, 1.165) is 21.7 Å². The fourth-order valence-electron chi connectivity index (χ4n) is 4.16. The number of carbonyl (C=O) groups excluding carboxylic acids is 1. The van der Waals surface area contributed by atoms with Crippen LogP contribution >= 0.6 is 22.7 Å². The Morgan fingerprint density at radius 3 is 2.69 bits per heavy atom. The summed E-state index contributed by atoms with van der Waals surface area (Å²) < 4.78 is 24.7. The molecule has 1 N–H and O–H groups in total. The van der Waals surface area contributed by atoms with Crippen molar-refractivity contribution in [2.75, 3.05) is 19.5 Å². The number of amides is 1. The smallest absolute Gasteiger partial charge is 0.294 e. The molecule has 6 aromatic rings. The Morgan fingerprint density at radius 2 is 1.95 bits per heavy atom. The number of nitrogens with one attached hydrogen (secondary N) is 1. The van der Waals surface area contributed by atoms with Gasteiger partial charge in [-0.1, -0.05) is 12.1 Å². The fourth-order valence-corrected chi connectivity index (χ4v) is 5.67. The Kier molecular flexibility index (Phi) is 6.41. The van der Waals surface area contributed by atoms with Gasteiger partial charge >= 0.3 is 0 Å². The molecule has 198 valence electrons. The van der Waals surface area contributed by atoms with E-state index in [1.807, 2.05) is 56.3 Å². The maximum atomic E-state index is 12.7. The molecule has 4 heterocycles. The Hall–Kier alpha value is -4.42. The number of methoxy groups -OCH3 is 2. The number of aromatic nitrogens is 4. The predicted molar refractivity (Wildman–Crippen MR) is 149 cm³/mol. The molecule has 0 saturated carbocycles. The third kappa shape index (κ3) is 4.91. The SMILES string of the molecule is COc1cc(OCc2cccc(NC(=O)c3sc(C)nc3C)c2)c2cc(-c3cn4nc(OC)sc4n3)oc2c1. The summed E-state index contributed by atoms with van der Waals surface area (Å²) in [7, 11) is 3.17. The van der Waals surface area contributed by atoms with Crippen LogP contribution in [0.15, 0.2) is 53.1 Å². The van der Waals surface area contributed by atoms with E-state index >= 15 is 0 Å². The molecule has 0 aliphatic rings. The van der Waals surface area contributed by atoms with E-state index in [-0.39, 0.29) is 12.5 Å². The molecular formula is C27H23N5O5S2. The number of carbonyl (C=O) groups is 1. The van der Waals surface area contributed by atoms with Gasteiger partial charge in [-0.25, -0.2) is 14.5 Å². The number of furan rings is 1. The van der Waals surface area contributed by atoms with Gasteiger partial charge in [0.15, 0.2) is 5.76 Å². The molecule has 0 radical (unpaired) electrons. The van der Waals surface area contributed by atoms with Gasteiger partial charge in [0.25, 0.3) is 11.1 Å². The minimum Gasteiger partial charge on any atom is -0.496 e. The van der Waals surface area contributed by atoms with Crippen LogP contribution in [0.2, 0.25) is 0 Å². The van der Waals surface area contributed by atoms with Crippen LogP contribution in [0.4, 0.5) is 5.69 Å². The Balaban J connectivity index is 1.24. The standard InChI is InChI=1S/C27H23N5O5S2/c1-14-24(38-15(2)28-14)25(33)29-17-7-5-6-16(8-17)13-36-21-9-18(34-3)10-22-19(21)11-23(37-22)20-12-32-26(30-20)39-27(31-32)35-4/h5-12H,13H2,1-4H3,(H,29,33). The van der Waals surface area contributed by atoms with E-state index in [4.69, 9.17) is 18.6 Å². The number of fused-ring (bicyclic) bond motifs is 2. The van der Waals surface area contributed by atoms with Crippen molar-refractivity contribution < 1.29 is 23.4 Å². The van der Waals surface area contributed by atoms with E-state index in [0.29, 0.717) is 49.3 Å². The first-order chi connectivity index (χ1) is 18.9. The third-order valence-electron chi connectivity index (χ3n) is 5.95. The van der Waals surface area contributed by atoms with Gasteiger partial charge in [-0.2, -0.15) is 0 Å². The molecule has 4 aromatic heterocycles. The number of ether oxygens (including phenoxy) is 3. The van der Waals surface area contributed by atoms with Crippen LogP contribution in [0.25, 0.3) is 27.4 Å². The van der Waals surface area contributed by atoms with Crippen molar-refractivity contribution in [1.82, 2.24) is 19.6 Å². The highest BCUT2D eigenvalue weighted by molar-refractivity contribution is 7.18. The lowest BCUT2D eigenvalue weighted by atomic mass is 10.2. The summed E-state index contributed by atoms with van der Waals surface area (Å²) in [5, 5.41) is 9.46. The molecule has 0 fully saturated rings. The second-order valence-corrected chi connectivity index (χ2v) is 10.8. The number of nitrogens with zero attached hydrogens (tertiary/aromatic N) is 4. The zero-order valence-electron chi connectivity index (χ0n) is 21.5. The van der Waals surface area contributed by atoms with E-state index in [1.165, 1.54) is 22.7 Å². The molecule has 39 heavy (non-hydrogen) atoms. The summed E-state index contributed by atoms with van der Waals surface area (Å²) in [6.07, 6.45) is 1.79. The van der Waals surface area contributed by atoms with Gasteiger partial charge in [0.05, 0.1) is 36.5 Å². The summed E-state index contributed by atoms with van der Waals surface area (Å²) in [5.74, 6) is 1.61. The molecule has 6 rings (SSSR count). The second-order valence-electron chi connectivity index (χ2n) is 8.66. The average Bonchev–Trinajstić information content (AvgIpc) is 3.69. The number of thiazole rings is 1. The van der Waals surface area contributed by atoms with Crippen molar-refractivity contribution in [3.63, 3.8) is 0 Å². The van der Waals surface area contributed by atoms with Gasteiger partial charge < -0.3 is 23.9 Å². The molecule has 0 aliphatic carbocycles. The van der Waals surface area contributed by atoms with Crippen molar-refractivity contribution in [2.24, 2.45) is 0 Å². The first-order valence-corrected chi connectivity index (χ1v) is 13.5. The van der Waals surface area contributed by atoms with E-state index < -0.39 is 0 Å². The summed E-state index contributed by atoms with van der Waals surface area (Å²) in [5.41, 5.74) is 3.55. The second kappa shape index (κ2) is 10.0. The number of hydrogen-bond donors (Lipinski definition) is 1. The summed E-state index contributed by atoms with van der Waals surface area (Å²) >= 11 is 2.72. The van der Waals surface area contributed by atoms with Crippen LogP contribution in [-0.2, 0) is 6.61 Å². The molecule has 2 aromatic carbocycles. The topological polar surface area (TPSA) is 113 Å². The van der Waals surface area contributed by atoms with Gasteiger partial charge in [-0.3, -0.25) is 4.79 Å². The monoisotopic (exact) mass is 561 g/mol. The molecule has 0 aliphatic heterocycles. The maximum Gasteiger partial charge on any atom is 0.294 e. The number of imidazole rings is 1. The fraction of sp³-hybridized carbons (Fsp3) is 0.185. The Morgan fingerprint density at radius 1 is 1.08 bits per heavy atom. The van der Waals surface area contributed by atoms with Crippen LogP contribution in [0.5, 0.6) is 16.7 Å². The van der Waals surface area contributed by atoms with Gasteiger partial charge in [0, 0.05) is 17.8 Å². The molecular weight excluding hydrogens is 538 g/mol. The lowest BCUT2D eigenvalue weighted by Gasteiger charge is -2.11. The molecule has 0 atom stereocenters. The molecule has 1 amide bonds. The number of hydrogen-bond acceptors (Lipinski definition) is 10. The van der Waals surface area contributed by atoms with Crippen molar-refractivity contribution in [3.05, 3.63) is 69.8 Å². The first-order valence-electron chi connectivity index (χ1n) is 11.9. The van der Waals surface area contributed by atoms with Crippen LogP contribution in [-0.4, -0.2) is 39.7 Å². The van der Waals surface area contributed by atoms with Crippen LogP contribution in [0.3, 0.4) is 0 Å². The summed E-state index contributed by atoms with van der Waals surface area (Å²) in [6.45, 7) is 3.99. The maximum absolute atomic E-state index is 12.7. The number of rotatable bonds is 8. The van der Waals surface area contributed by atoms with E-state index in [2.05, 4.69) is 20.4 Å². The van der Waals surface area contributed by atoms with Gasteiger partial charge in [-0.15, -0.1) is 16.4 Å². The number of benzene rings is 2. The van der Waals surface area contributed by atoms with Gasteiger partial charge in [0.1, 0.15) is 34.3 Å². The molecule has 0 bridgehead atoms. The number of anilines is 1. The van der Waals surface area contributed by atoms with Crippen molar-refractivity contribution in [3.8, 4) is 28.1 Å². The van der Waals surface area contributed by atoms with Crippen molar-refractivity contribution in [2.45, 2.75) is 20.5 Å². The van der Waals surface area contributed by atoms with E-state index in [9.17, 15) is 4.79 Å². The summed E-state index contributed by atoms with van der Waals surface area (Å²) in [4.78, 5) is 23.0. The van der Waals surface area contributed by atoms with Crippen LogP contribution in [0.1, 0.15) is 25.9 Å². The highest BCUT2D eigenvalue weighted by Crippen LogP contribution is 2.37. The van der Waals surface area contributed by atoms with Gasteiger partial charge in [-0.05, 0) is 48.9 Å². The average molecular weight is 562 g/mol.